The van der Waals surface area contributed by atoms with Crippen LogP contribution in [-0.4, -0.2) is 28.8 Å². The van der Waals surface area contributed by atoms with Gasteiger partial charge in [0.05, 0.1) is 0 Å². The molecule has 0 saturated heterocycles. The van der Waals surface area contributed by atoms with E-state index >= 15 is 0 Å². The van der Waals surface area contributed by atoms with E-state index in [1.807, 2.05) is 31.2 Å². The first-order chi connectivity index (χ1) is 12.9. The van der Waals surface area contributed by atoms with Crippen molar-refractivity contribution in [3.8, 4) is 11.4 Å². The van der Waals surface area contributed by atoms with Gasteiger partial charge in [-0.1, -0.05) is 35.0 Å². The van der Waals surface area contributed by atoms with E-state index in [0.29, 0.717) is 5.82 Å². The lowest BCUT2D eigenvalue weighted by molar-refractivity contribution is 0.372. The molecule has 0 aliphatic heterocycles. The maximum Gasteiger partial charge on any atom is 0.332 e. The van der Waals surface area contributed by atoms with Gasteiger partial charge in [-0.2, -0.15) is 9.97 Å². The molecule has 0 aliphatic carbocycles. The van der Waals surface area contributed by atoms with Crippen LogP contribution in [0.5, 0.6) is 0 Å². The van der Waals surface area contributed by atoms with Gasteiger partial charge in [0.25, 0.3) is 5.56 Å². The second-order valence-corrected chi connectivity index (χ2v) is 6.56. The van der Waals surface area contributed by atoms with E-state index in [4.69, 9.17) is 16.1 Å². The monoisotopic (exact) mass is 386 g/mol. The fourth-order valence-electron chi connectivity index (χ4n) is 2.84. The molecule has 3 aromatic heterocycles. The number of fused-ring (bicyclic) bond motifs is 1. The Morgan fingerprint density at radius 3 is 2.48 bits per heavy atom. The summed E-state index contributed by atoms with van der Waals surface area (Å²) >= 11 is 6.21. The first kappa shape index (κ1) is 17.2. The number of imidazole rings is 1. The smallest absolute Gasteiger partial charge is 0.332 e. The third-order valence-corrected chi connectivity index (χ3v) is 4.66. The van der Waals surface area contributed by atoms with E-state index in [1.165, 1.54) is 23.2 Å². The molecule has 0 aliphatic rings. The Morgan fingerprint density at radius 2 is 1.78 bits per heavy atom. The average molecular weight is 387 g/mol. The van der Waals surface area contributed by atoms with E-state index in [1.54, 1.807) is 0 Å². The Kier molecular flexibility index (Phi) is 3.96. The van der Waals surface area contributed by atoms with Crippen LogP contribution in [0.2, 0.25) is 5.28 Å². The fourth-order valence-corrected chi connectivity index (χ4v) is 3.06. The normalized spacial score (nSPS) is 11.4. The van der Waals surface area contributed by atoms with Crippen LogP contribution < -0.4 is 11.2 Å². The van der Waals surface area contributed by atoms with Gasteiger partial charge in [-0.3, -0.25) is 18.5 Å². The number of hydrogen-bond donors (Lipinski definition) is 0. The van der Waals surface area contributed by atoms with Crippen molar-refractivity contribution in [2.75, 3.05) is 0 Å². The van der Waals surface area contributed by atoms with Crippen LogP contribution in [0.4, 0.5) is 0 Å². The standard InChI is InChI=1S/C17H15ClN6O3/c1-9-4-6-10(7-5-9)13-19-11(27-21-13)8-24-12-14(20-16(24)18)22(2)17(26)23(3)15(12)25/h4-7H,8H2,1-3H3. The third kappa shape index (κ3) is 2.76. The van der Waals surface area contributed by atoms with Crippen LogP contribution in [0.3, 0.4) is 0 Å². The SMILES string of the molecule is Cc1ccc(-c2noc(Cn3c(Cl)nc4c3c(=O)n(C)c(=O)n4C)n2)cc1. The summed E-state index contributed by atoms with van der Waals surface area (Å²) in [5, 5.41) is 4.03. The molecule has 0 bridgehead atoms. The van der Waals surface area contributed by atoms with Crippen molar-refractivity contribution in [2.45, 2.75) is 13.5 Å². The molecular formula is C17H15ClN6O3. The zero-order valence-electron chi connectivity index (χ0n) is 14.8. The molecule has 4 aromatic rings. The molecule has 138 valence electrons. The lowest BCUT2D eigenvalue weighted by Crippen LogP contribution is -2.37. The number of rotatable bonds is 3. The quantitative estimate of drug-likeness (QED) is 0.494. The highest BCUT2D eigenvalue weighted by molar-refractivity contribution is 6.29. The van der Waals surface area contributed by atoms with Crippen LogP contribution in [0.25, 0.3) is 22.6 Å². The lowest BCUT2D eigenvalue weighted by Gasteiger charge is -2.05. The first-order valence-corrected chi connectivity index (χ1v) is 8.46. The predicted octanol–water partition coefficient (Wildman–Crippen LogP) is 1.49. The highest BCUT2D eigenvalue weighted by Gasteiger charge is 2.20. The minimum atomic E-state index is -0.495. The van der Waals surface area contributed by atoms with Crippen LogP contribution in [0.15, 0.2) is 38.4 Å². The number of nitrogens with zero attached hydrogens (tertiary/aromatic N) is 6. The van der Waals surface area contributed by atoms with Crippen molar-refractivity contribution < 1.29 is 4.52 Å². The third-order valence-electron chi connectivity index (χ3n) is 4.37. The summed E-state index contributed by atoms with van der Waals surface area (Å²) in [6.07, 6.45) is 0. The molecule has 0 spiro atoms. The number of halogens is 1. The van der Waals surface area contributed by atoms with E-state index in [0.717, 1.165) is 15.7 Å². The molecule has 27 heavy (non-hydrogen) atoms. The van der Waals surface area contributed by atoms with E-state index in [2.05, 4.69) is 15.1 Å². The molecule has 0 atom stereocenters. The van der Waals surface area contributed by atoms with Gasteiger partial charge in [0.1, 0.15) is 6.54 Å². The molecule has 3 heterocycles. The molecule has 0 radical (unpaired) electrons. The van der Waals surface area contributed by atoms with Crippen molar-refractivity contribution in [1.82, 2.24) is 28.8 Å². The Labute approximate surface area is 157 Å². The Bertz CT molecular complexity index is 1280. The van der Waals surface area contributed by atoms with Gasteiger partial charge in [-0.15, -0.1) is 0 Å². The number of hydrogen-bond acceptors (Lipinski definition) is 6. The van der Waals surface area contributed by atoms with Crippen molar-refractivity contribution in [3.63, 3.8) is 0 Å². The molecule has 10 heteroatoms. The topological polar surface area (TPSA) is 101 Å². The minimum absolute atomic E-state index is 0.0541. The highest BCUT2D eigenvalue weighted by Crippen LogP contribution is 2.20. The van der Waals surface area contributed by atoms with Crippen molar-refractivity contribution in [3.05, 3.63) is 61.8 Å². The van der Waals surface area contributed by atoms with Gasteiger partial charge < -0.3 is 4.52 Å². The Hall–Kier alpha value is -3.20. The largest absolute Gasteiger partial charge is 0.337 e. The maximum atomic E-state index is 12.5. The van der Waals surface area contributed by atoms with Gasteiger partial charge in [-0.05, 0) is 18.5 Å². The maximum absolute atomic E-state index is 12.5. The van der Waals surface area contributed by atoms with Crippen LogP contribution in [0, 0.1) is 6.92 Å². The van der Waals surface area contributed by atoms with Crippen molar-refractivity contribution in [2.24, 2.45) is 14.1 Å². The van der Waals surface area contributed by atoms with Gasteiger partial charge in [0.2, 0.25) is 17.0 Å². The van der Waals surface area contributed by atoms with Crippen molar-refractivity contribution in [1.29, 1.82) is 0 Å². The molecule has 0 fully saturated rings. The van der Waals surface area contributed by atoms with Crippen LogP contribution in [-0.2, 0) is 20.6 Å². The minimum Gasteiger partial charge on any atom is -0.337 e. The average Bonchev–Trinajstić information content (AvgIpc) is 3.24. The predicted molar refractivity (Wildman–Crippen MR) is 98.8 cm³/mol. The van der Waals surface area contributed by atoms with Gasteiger partial charge >= 0.3 is 5.69 Å². The van der Waals surface area contributed by atoms with Crippen LogP contribution in [0.1, 0.15) is 11.5 Å². The molecule has 1 aromatic carbocycles. The van der Waals surface area contributed by atoms with Gasteiger partial charge in [0.15, 0.2) is 11.2 Å². The Balaban J connectivity index is 1.79. The van der Waals surface area contributed by atoms with Gasteiger partial charge in [-0.25, -0.2) is 4.79 Å². The summed E-state index contributed by atoms with van der Waals surface area (Å²) in [5.74, 6) is 0.702. The van der Waals surface area contributed by atoms with E-state index in [-0.39, 0.29) is 28.9 Å². The molecule has 0 N–H and O–H groups in total. The number of benzene rings is 1. The summed E-state index contributed by atoms with van der Waals surface area (Å²) in [4.78, 5) is 33.1. The van der Waals surface area contributed by atoms with E-state index in [9.17, 15) is 9.59 Å². The Morgan fingerprint density at radius 1 is 1.07 bits per heavy atom. The molecule has 0 amide bonds. The number of aromatic nitrogens is 6. The fraction of sp³-hybridized carbons (Fsp3) is 0.235. The first-order valence-electron chi connectivity index (χ1n) is 8.08. The zero-order valence-corrected chi connectivity index (χ0v) is 15.6. The van der Waals surface area contributed by atoms with E-state index < -0.39 is 11.2 Å². The second kappa shape index (κ2) is 6.20. The van der Waals surface area contributed by atoms with Crippen LogP contribution >= 0.6 is 11.6 Å². The molecule has 0 unspecified atom stereocenters. The molecule has 0 saturated carbocycles. The molecular weight excluding hydrogens is 372 g/mol. The molecule has 4 rings (SSSR count). The van der Waals surface area contributed by atoms with Crippen molar-refractivity contribution >= 4 is 22.8 Å². The second-order valence-electron chi connectivity index (χ2n) is 6.22. The zero-order chi connectivity index (χ0) is 19.3. The summed E-state index contributed by atoms with van der Waals surface area (Å²) < 4.78 is 9.03. The highest BCUT2D eigenvalue weighted by atomic mass is 35.5. The summed E-state index contributed by atoms with van der Waals surface area (Å²) in [7, 11) is 2.93. The lowest BCUT2D eigenvalue weighted by atomic mass is 10.1. The molecule has 9 nitrogen and oxygen atoms in total. The summed E-state index contributed by atoms with van der Waals surface area (Å²) in [5.41, 5.74) is 1.36. The van der Waals surface area contributed by atoms with Gasteiger partial charge in [0, 0.05) is 19.7 Å². The number of aryl methyl sites for hydroxylation is 2. The summed E-state index contributed by atoms with van der Waals surface area (Å²) in [6, 6.07) is 7.70. The summed E-state index contributed by atoms with van der Waals surface area (Å²) in [6.45, 7) is 2.05.